The molecule has 1 aromatic heterocycles. The topological polar surface area (TPSA) is 390 Å². The average Bonchev–Trinajstić information content (AvgIpc) is 3.64. The van der Waals surface area contributed by atoms with E-state index in [0.29, 0.717) is 5.69 Å². The highest BCUT2D eigenvalue weighted by Crippen LogP contribution is 2.35. The lowest BCUT2D eigenvalue weighted by Gasteiger charge is -2.47. The standard InChI is InChI=1S/C26H50N10O12/c27-2-7-5-36(35-34-7)6-12-22(47-25-14(33)19(41)17(39)11(4-29)44-25)20(42)26(45-12)48-23-15(37)8(30)1-9(31)21(23)46-24-13(32)18(40)16(38)10(3-28)43-24/h5,8-26,37-42H,1-4,6,27-33H2/t8-,9+,10-,11+,12-,13-,14-,15+,16-,17-,18-,19-,20-,21-,22-,23-,24-,25-,26+/m1/s1. The third-order valence-electron chi connectivity index (χ3n) is 9.35. The van der Waals surface area contributed by atoms with Crippen molar-refractivity contribution in [2.75, 3.05) is 13.1 Å². The lowest BCUT2D eigenvalue weighted by Crippen LogP contribution is -2.68. The van der Waals surface area contributed by atoms with Gasteiger partial charge >= 0.3 is 0 Å². The molecule has 0 amide bonds. The van der Waals surface area contributed by atoms with Gasteiger partial charge in [0.15, 0.2) is 18.9 Å². The molecule has 22 heteroatoms. The summed E-state index contributed by atoms with van der Waals surface area (Å²) in [4.78, 5) is 0. The summed E-state index contributed by atoms with van der Waals surface area (Å²) >= 11 is 0. The third-order valence-corrected chi connectivity index (χ3v) is 9.35. The summed E-state index contributed by atoms with van der Waals surface area (Å²) < 4.78 is 37.3. The SMILES string of the molecule is NCc1cn(C[C@H]2O[C@@H](O[C@@H]3[C@@H](O)[C@H](N)C[C@H](N)[C@H]3O[C@H]3O[C@H](CN)[C@@H](O)[C@H](O)[C@H]3N)[C@H](O)[C@@H]2O[C@H]2O[C@@H](CN)[C@@H](O)[C@H](O)[C@H]2N)nn1. The highest BCUT2D eigenvalue weighted by Gasteiger charge is 2.54. The van der Waals surface area contributed by atoms with Crippen molar-refractivity contribution < 1.29 is 59.1 Å². The number of rotatable bonds is 11. The van der Waals surface area contributed by atoms with Gasteiger partial charge in [0.2, 0.25) is 0 Å². The molecule has 1 aliphatic carbocycles. The minimum Gasteiger partial charge on any atom is -0.389 e. The largest absolute Gasteiger partial charge is 0.389 e. The number of ether oxygens (including phenoxy) is 6. The Balaban J connectivity index is 1.38. The summed E-state index contributed by atoms with van der Waals surface area (Å²) in [5, 5.41) is 72.3. The molecular formula is C26H50N10O12. The molecule has 4 aliphatic rings. The van der Waals surface area contributed by atoms with E-state index in [4.69, 9.17) is 68.6 Å². The van der Waals surface area contributed by atoms with Crippen LogP contribution in [0.3, 0.4) is 0 Å². The summed E-state index contributed by atoms with van der Waals surface area (Å²) in [6.45, 7) is -0.250. The Hall–Kier alpha value is -1.62. The number of aliphatic hydroxyl groups is 6. The summed E-state index contributed by atoms with van der Waals surface area (Å²) in [5.41, 5.74) is 42.4. The van der Waals surface area contributed by atoms with Gasteiger partial charge in [-0.05, 0) is 6.42 Å². The number of aliphatic hydroxyl groups excluding tert-OH is 6. The monoisotopic (exact) mass is 694 g/mol. The van der Waals surface area contributed by atoms with Gasteiger partial charge in [0.25, 0.3) is 0 Å². The fourth-order valence-electron chi connectivity index (χ4n) is 6.45. The molecule has 1 saturated carbocycles. The van der Waals surface area contributed by atoms with E-state index < -0.39 is 116 Å². The van der Waals surface area contributed by atoms with Gasteiger partial charge in [0.05, 0.1) is 30.4 Å². The normalized spacial score (nSPS) is 48.6. The summed E-state index contributed by atoms with van der Waals surface area (Å²) in [6.07, 6.45) is -18.0. The summed E-state index contributed by atoms with van der Waals surface area (Å²) in [7, 11) is 0. The fraction of sp³-hybridized carbons (Fsp3) is 0.923. The van der Waals surface area contributed by atoms with Crippen LogP contribution in [0.1, 0.15) is 12.1 Å². The van der Waals surface area contributed by atoms with Gasteiger partial charge in [-0.15, -0.1) is 5.10 Å². The smallest absolute Gasteiger partial charge is 0.187 e. The lowest BCUT2D eigenvalue weighted by atomic mass is 9.84. The first-order valence-electron chi connectivity index (χ1n) is 15.8. The van der Waals surface area contributed by atoms with E-state index in [1.54, 1.807) is 6.20 Å². The third kappa shape index (κ3) is 7.52. The molecule has 1 aromatic rings. The maximum absolute atomic E-state index is 11.6. The minimum atomic E-state index is -1.59. The first-order valence-corrected chi connectivity index (χ1v) is 15.8. The summed E-state index contributed by atoms with van der Waals surface area (Å²) in [5.74, 6) is 0. The predicted molar refractivity (Wildman–Crippen MR) is 159 cm³/mol. The van der Waals surface area contributed by atoms with E-state index >= 15 is 0 Å². The molecule has 3 saturated heterocycles. The Kier molecular flexibility index (Phi) is 12.3. The van der Waals surface area contributed by atoms with Crippen LogP contribution in [0.5, 0.6) is 0 Å². The Morgan fingerprint density at radius 2 is 1.17 bits per heavy atom. The minimum absolute atomic E-state index is 0.0420. The Labute approximate surface area is 275 Å². The molecule has 19 atom stereocenters. The van der Waals surface area contributed by atoms with Crippen LogP contribution in [0.4, 0.5) is 0 Å². The zero-order valence-corrected chi connectivity index (χ0v) is 26.1. The molecule has 22 nitrogen and oxygen atoms in total. The molecule has 5 rings (SSSR count). The van der Waals surface area contributed by atoms with Crippen LogP contribution in [0, 0.1) is 0 Å². The predicted octanol–water partition coefficient (Wildman–Crippen LogP) is -9.14. The van der Waals surface area contributed by atoms with E-state index in [2.05, 4.69) is 10.3 Å². The van der Waals surface area contributed by atoms with Gasteiger partial charge in [-0.25, -0.2) is 4.68 Å². The average molecular weight is 695 g/mol. The molecule has 276 valence electrons. The second kappa shape index (κ2) is 15.7. The number of nitrogens with zero attached hydrogens (tertiary/aromatic N) is 3. The van der Waals surface area contributed by atoms with E-state index in [-0.39, 0.29) is 32.6 Å². The zero-order chi connectivity index (χ0) is 35.0. The van der Waals surface area contributed by atoms with Crippen LogP contribution < -0.4 is 40.1 Å². The van der Waals surface area contributed by atoms with Gasteiger partial charge in [0, 0.05) is 37.9 Å². The van der Waals surface area contributed by atoms with Gasteiger partial charge < -0.3 is 99.2 Å². The molecule has 0 bridgehead atoms. The van der Waals surface area contributed by atoms with Crippen LogP contribution >= 0.6 is 0 Å². The molecule has 20 N–H and O–H groups in total. The molecule has 0 spiro atoms. The van der Waals surface area contributed by atoms with Crippen molar-refractivity contribution in [3.63, 3.8) is 0 Å². The Morgan fingerprint density at radius 1 is 0.646 bits per heavy atom. The van der Waals surface area contributed by atoms with E-state index in [9.17, 15) is 30.6 Å². The van der Waals surface area contributed by atoms with Crippen LogP contribution in [0.25, 0.3) is 0 Å². The van der Waals surface area contributed by atoms with Crippen molar-refractivity contribution in [3.8, 4) is 0 Å². The summed E-state index contributed by atoms with van der Waals surface area (Å²) in [6, 6.07) is -4.21. The molecule has 4 heterocycles. The lowest BCUT2D eigenvalue weighted by molar-refractivity contribution is -0.306. The molecule has 4 fully saturated rings. The van der Waals surface area contributed by atoms with E-state index in [0.717, 1.165) is 0 Å². The van der Waals surface area contributed by atoms with Gasteiger partial charge in [0.1, 0.15) is 67.1 Å². The highest BCUT2D eigenvalue weighted by molar-refractivity contribution is 5.02. The van der Waals surface area contributed by atoms with Gasteiger partial charge in [-0.2, -0.15) is 0 Å². The molecule has 0 aromatic carbocycles. The number of aromatic nitrogens is 3. The van der Waals surface area contributed by atoms with Crippen LogP contribution in [-0.4, -0.2) is 175 Å². The fourth-order valence-corrected chi connectivity index (χ4v) is 6.45. The van der Waals surface area contributed by atoms with Gasteiger partial charge in [-0.3, -0.25) is 0 Å². The van der Waals surface area contributed by atoms with Crippen LogP contribution in [0.15, 0.2) is 6.20 Å². The quantitative estimate of drug-likeness (QED) is 0.102. The maximum atomic E-state index is 11.6. The van der Waals surface area contributed by atoms with Crippen molar-refractivity contribution in [1.82, 2.24) is 15.0 Å². The second-order valence-corrected chi connectivity index (χ2v) is 12.7. The molecule has 3 aliphatic heterocycles. The molecule has 48 heavy (non-hydrogen) atoms. The highest BCUT2D eigenvalue weighted by atomic mass is 16.8. The first kappa shape index (κ1) is 37.6. The van der Waals surface area contributed by atoms with E-state index in [1.807, 2.05) is 0 Å². The van der Waals surface area contributed by atoms with Crippen molar-refractivity contribution in [3.05, 3.63) is 11.9 Å². The van der Waals surface area contributed by atoms with Crippen molar-refractivity contribution in [2.45, 2.75) is 136 Å². The molecule has 0 unspecified atom stereocenters. The molecule has 0 radical (unpaired) electrons. The van der Waals surface area contributed by atoms with Crippen molar-refractivity contribution in [2.24, 2.45) is 40.1 Å². The van der Waals surface area contributed by atoms with Crippen molar-refractivity contribution in [1.29, 1.82) is 0 Å². The second-order valence-electron chi connectivity index (χ2n) is 12.7. The Morgan fingerprint density at radius 3 is 1.69 bits per heavy atom. The molecular weight excluding hydrogens is 644 g/mol. The van der Waals surface area contributed by atoms with Crippen molar-refractivity contribution >= 4 is 0 Å². The van der Waals surface area contributed by atoms with Gasteiger partial charge in [-0.1, -0.05) is 5.21 Å². The first-order chi connectivity index (χ1) is 22.8. The zero-order valence-electron chi connectivity index (χ0n) is 26.1. The number of hydrogen-bond acceptors (Lipinski definition) is 21. The van der Waals surface area contributed by atoms with E-state index in [1.165, 1.54) is 4.68 Å². The van der Waals surface area contributed by atoms with Crippen LogP contribution in [-0.2, 0) is 41.5 Å². The number of nitrogens with two attached hydrogens (primary N) is 7. The maximum Gasteiger partial charge on any atom is 0.187 e. The Bertz CT molecular complexity index is 1170. The van der Waals surface area contributed by atoms with Crippen LogP contribution in [0.2, 0.25) is 0 Å². The number of hydrogen-bond donors (Lipinski definition) is 13.